The summed E-state index contributed by atoms with van der Waals surface area (Å²) in [6.07, 6.45) is 0. The van der Waals surface area contributed by atoms with E-state index < -0.39 is 0 Å². The van der Waals surface area contributed by atoms with Crippen LogP contribution in [0, 0.1) is 19.1 Å². The summed E-state index contributed by atoms with van der Waals surface area (Å²) >= 11 is 3.28. The van der Waals surface area contributed by atoms with Gasteiger partial charge in [0.25, 0.3) is 0 Å². The molecular formula is C7H5BrY3-2. The number of aryl methyl sites for hydroxylation is 1. The third-order valence-electron chi connectivity index (χ3n) is 0.853. The summed E-state index contributed by atoms with van der Waals surface area (Å²) in [5, 5.41) is 0. The van der Waals surface area contributed by atoms with E-state index in [4.69, 9.17) is 0 Å². The first-order chi connectivity index (χ1) is 3.79. The van der Waals surface area contributed by atoms with Crippen LogP contribution in [0.3, 0.4) is 0 Å². The molecule has 11 heavy (non-hydrogen) atoms. The van der Waals surface area contributed by atoms with Gasteiger partial charge in [0.05, 0.1) is 0 Å². The molecule has 0 amide bonds. The summed E-state index contributed by atoms with van der Waals surface area (Å²) in [7, 11) is 0. The molecule has 0 unspecified atom stereocenters. The van der Waals surface area contributed by atoms with Crippen LogP contribution >= 0.6 is 15.9 Å². The molecule has 51 valence electrons. The Labute approximate surface area is 152 Å². The van der Waals surface area contributed by atoms with Gasteiger partial charge in [-0.1, -0.05) is 6.92 Å². The van der Waals surface area contributed by atoms with Gasteiger partial charge in [-0.15, -0.1) is 0 Å². The molecule has 0 aliphatic rings. The van der Waals surface area contributed by atoms with Crippen molar-refractivity contribution in [3.05, 3.63) is 34.3 Å². The van der Waals surface area contributed by atoms with E-state index in [9.17, 15) is 0 Å². The average Bonchev–Trinajstić information content (AvgIpc) is 1.77. The third kappa shape index (κ3) is 9.32. The molecule has 0 aliphatic carbocycles. The number of hydrogen-bond donors (Lipinski definition) is 0. The summed E-state index contributed by atoms with van der Waals surface area (Å²) in [5.74, 6) is 0. The molecule has 0 bridgehead atoms. The largest absolute Gasteiger partial charge is 0.355 e. The molecule has 0 aliphatic heterocycles. The van der Waals surface area contributed by atoms with Gasteiger partial charge in [0.1, 0.15) is 0 Å². The van der Waals surface area contributed by atoms with Gasteiger partial charge in [0.15, 0.2) is 0 Å². The molecule has 0 saturated heterocycles. The SMILES string of the molecule is Cc1[c-]cc(Br)c[c-]1.[Y].[Y].[Y]. The molecule has 0 heterocycles. The van der Waals surface area contributed by atoms with Crippen molar-refractivity contribution in [1.82, 2.24) is 0 Å². The summed E-state index contributed by atoms with van der Waals surface area (Å²) < 4.78 is 1.03. The Bertz CT molecular complexity index is 153. The van der Waals surface area contributed by atoms with E-state index in [2.05, 4.69) is 28.1 Å². The first kappa shape index (κ1) is 19.6. The van der Waals surface area contributed by atoms with Gasteiger partial charge in [0.2, 0.25) is 0 Å². The summed E-state index contributed by atoms with van der Waals surface area (Å²) in [6.45, 7) is 1.96. The fraction of sp³-hybridized carbons (Fsp3) is 0.143. The molecule has 1 aromatic rings. The second kappa shape index (κ2) is 11.1. The summed E-state index contributed by atoms with van der Waals surface area (Å²) in [6, 6.07) is 9.76. The van der Waals surface area contributed by atoms with Crippen molar-refractivity contribution in [3.8, 4) is 0 Å². The van der Waals surface area contributed by atoms with Crippen molar-refractivity contribution in [2.75, 3.05) is 0 Å². The topological polar surface area (TPSA) is 0 Å². The molecule has 0 N–H and O–H groups in total. The zero-order valence-corrected chi connectivity index (χ0v) is 16.4. The van der Waals surface area contributed by atoms with Crippen molar-refractivity contribution in [3.63, 3.8) is 0 Å². The van der Waals surface area contributed by atoms with Gasteiger partial charge < -0.3 is 12.1 Å². The van der Waals surface area contributed by atoms with Crippen LogP contribution in [0.15, 0.2) is 16.6 Å². The number of benzene rings is 1. The van der Waals surface area contributed by atoms with E-state index in [-0.39, 0.29) is 98.1 Å². The van der Waals surface area contributed by atoms with Crippen LogP contribution in [0.25, 0.3) is 0 Å². The van der Waals surface area contributed by atoms with E-state index in [1.807, 2.05) is 19.1 Å². The standard InChI is InChI=1S/C7H5Br.3Y/c1-6-2-4-7(8)5-3-6;;;/h4-5H,1H3;;;/q-2;;;. The van der Waals surface area contributed by atoms with Gasteiger partial charge in [-0.2, -0.15) is 0 Å². The van der Waals surface area contributed by atoms with Crippen LogP contribution in [-0.2, 0) is 98.1 Å². The Hall–Kier alpha value is 3.01. The smallest absolute Gasteiger partial charge is 0 e. The Balaban J connectivity index is -0.000000213. The molecule has 0 atom stereocenters. The number of rotatable bonds is 0. The third-order valence-corrected chi connectivity index (χ3v) is 1.31. The van der Waals surface area contributed by atoms with Crippen molar-refractivity contribution in [2.45, 2.75) is 6.92 Å². The molecule has 1 aromatic carbocycles. The molecule has 1 rings (SSSR count). The Morgan fingerprint density at radius 3 is 1.73 bits per heavy atom. The second-order valence-electron chi connectivity index (χ2n) is 1.59. The van der Waals surface area contributed by atoms with Crippen molar-refractivity contribution < 1.29 is 98.1 Å². The Morgan fingerprint density at radius 1 is 1.09 bits per heavy atom. The second-order valence-corrected chi connectivity index (χ2v) is 2.50. The van der Waals surface area contributed by atoms with Gasteiger partial charge in [-0.25, -0.2) is 20.4 Å². The van der Waals surface area contributed by atoms with Gasteiger partial charge in [-0.05, 0) is 0 Å². The Morgan fingerprint density at radius 2 is 1.45 bits per heavy atom. The van der Waals surface area contributed by atoms with Gasteiger partial charge in [0, 0.05) is 98.1 Å². The van der Waals surface area contributed by atoms with Crippen LogP contribution in [0.5, 0.6) is 0 Å². The van der Waals surface area contributed by atoms with Crippen molar-refractivity contribution >= 4 is 15.9 Å². The molecule has 0 nitrogen and oxygen atoms in total. The minimum atomic E-state index is 0. The predicted octanol–water partition coefficient (Wildman–Crippen LogP) is 2.35. The predicted molar refractivity (Wildman–Crippen MR) is 36.6 cm³/mol. The van der Waals surface area contributed by atoms with E-state index in [0.717, 1.165) is 10.0 Å². The van der Waals surface area contributed by atoms with Gasteiger partial charge >= 0.3 is 0 Å². The van der Waals surface area contributed by atoms with E-state index in [1.54, 1.807) is 0 Å². The molecule has 0 saturated carbocycles. The number of hydrogen-bond acceptors (Lipinski definition) is 0. The maximum Gasteiger partial charge on any atom is 0 e. The molecule has 0 spiro atoms. The van der Waals surface area contributed by atoms with Crippen LogP contribution in [0.2, 0.25) is 0 Å². The zero-order chi connectivity index (χ0) is 5.98. The molecule has 0 aromatic heterocycles. The van der Waals surface area contributed by atoms with Gasteiger partial charge in [-0.3, -0.25) is 17.7 Å². The van der Waals surface area contributed by atoms with Crippen LogP contribution in [0.1, 0.15) is 5.56 Å². The fourth-order valence-corrected chi connectivity index (χ4v) is 0.667. The minimum Gasteiger partial charge on any atom is -0.355 e. The van der Waals surface area contributed by atoms with E-state index in [0.29, 0.717) is 0 Å². The average molecular weight is 436 g/mol. The maximum atomic E-state index is 3.28. The summed E-state index contributed by atoms with van der Waals surface area (Å²) in [4.78, 5) is 0. The van der Waals surface area contributed by atoms with E-state index >= 15 is 0 Å². The van der Waals surface area contributed by atoms with Crippen molar-refractivity contribution in [2.24, 2.45) is 0 Å². The van der Waals surface area contributed by atoms with Crippen LogP contribution < -0.4 is 0 Å². The zero-order valence-electron chi connectivity index (χ0n) is 6.26. The fourth-order valence-electron chi connectivity index (χ4n) is 0.438. The van der Waals surface area contributed by atoms with Crippen LogP contribution in [0.4, 0.5) is 0 Å². The molecular weight excluding hydrogens is 431 g/mol. The Kier molecular flexibility index (Phi) is 19.7. The monoisotopic (exact) mass is 435 g/mol. The molecule has 0 fully saturated rings. The van der Waals surface area contributed by atoms with E-state index in [1.165, 1.54) is 0 Å². The quantitative estimate of drug-likeness (QED) is 0.549. The number of halogens is 1. The minimum absolute atomic E-state index is 0. The van der Waals surface area contributed by atoms with Crippen molar-refractivity contribution in [1.29, 1.82) is 0 Å². The van der Waals surface area contributed by atoms with Crippen LogP contribution in [-0.4, -0.2) is 0 Å². The molecule has 3 radical (unpaired) electrons. The molecule has 4 heteroatoms. The normalized spacial score (nSPS) is 6.73. The maximum absolute atomic E-state index is 3.28. The first-order valence-corrected chi connectivity index (χ1v) is 3.14. The summed E-state index contributed by atoms with van der Waals surface area (Å²) in [5.41, 5.74) is 1.05. The first-order valence-electron chi connectivity index (χ1n) is 2.34.